The fourth-order valence-corrected chi connectivity index (χ4v) is 2.04. The Morgan fingerprint density at radius 1 is 1.56 bits per heavy atom. The predicted octanol–water partition coefficient (Wildman–Crippen LogP) is 2.28. The van der Waals surface area contributed by atoms with E-state index in [1.54, 1.807) is 4.90 Å². The van der Waals surface area contributed by atoms with Gasteiger partial charge in [-0.15, -0.1) is 0 Å². The third-order valence-electron chi connectivity index (χ3n) is 2.97. The number of oxazole rings is 1. The quantitative estimate of drug-likeness (QED) is 0.604. The van der Waals surface area contributed by atoms with Gasteiger partial charge in [0.15, 0.2) is 5.58 Å². The monoisotopic (exact) mass is 251 g/mol. The number of halogens is 1. The van der Waals surface area contributed by atoms with E-state index >= 15 is 0 Å². The number of anilines is 1. The van der Waals surface area contributed by atoms with Gasteiger partial charge >= 0.3 is 0 Å². The van der Waals surface area contributed by atoms with Crippen molar-refractivity contribution in [2.45, 2.75) is 12.6 Å². The highest BCUT2D eigenvalue weighted by Crippen LogP contribution is 2.27. The molecule has 2 aromatic rings. The van der Waals surface area contributed by atoms with Crippen LogP contribution in [0.2, 0.25) is 0 Å². The van der Waals surface area contributed by atoms with Gasteiger partial charge in [-0.3, -0.25) is 10.1 Å². The predicted molar refractivity (Wildman–Crippen MR) is 62.4 cm³/mol. The van der Waals surface area contributed by atoms with Crippen molar-refractivity contribution in [1.29, 1.82) is 0 Å². The van der Waals surface area contributed by atoms with Gasteiger partial charge in [0, 0.05) is 12.6 Å². The summed E-state index contributed by atoms with van der Waals surface area (Å²) in [4.78, 5) is 16.0. The van der Waals surface area contributed by atoms with Crippen LogP contribution in [0.3, 0.4) is 0 Å². The van der Waals surface area contributed by atoms with E-state index in [0.717, 1.165) is 0 Å². The molecule has 1 fully saturated rings. The third kappa shape index (κ3) is 1.77. The second kappa shape index (κ2) is 3.94. The number of hydrogen-bond acceptors (Lipinski definition) is 5. The highest BCUT2D eigenvalue weighted by Gasteiger charge is 2.25. The molecule has 0 saturated carbocycles. The van der Waals surface area contributed by atoms with Crippen LogP contribution in [0, 0.1) is 10.1 Å². The molecule has 1 saturated heterocycles. The minimum Gasteiger partial charge on any atom is -0.423 e. The van der Waals surface area contributed by atoms with Crippen LogP contribution >= 0.6 is 0 Å². The van der Waals surface area contributed by atoms with Crippen LogP contribution in [0.5, 0.6) is 0 Å². The third-order valence-corrected chi connectivity index (χ3v) is 2.97. The van der Waals surface area contributed by atoms with Gasteiger partial charge < -0.3 is 9.32 Å². The summed E-state index contributed by atoms with van der Waals surface area (Å²) in [5.41, 5.74) is 0.842. The maximum absolute atomic E-state index is 13.1. The molecule has 0 spiro atoms. The van der Waals surface area contributed by atoms with Crippen LogP contribution in [0.1, 0.15) is 6.42 Å². The highest BCUT2D eigenvalue weighted by molar-refractivity contribution is 5.77. The van der Waals surface area contributed by atoms with E-state index in [1.165, 1.54) is 18.2 Å². The second-order valence-corrected chi connectivity index (χ2v) is 4.24. The van der Waals surface area contributed by atoms with E-state index in [-0.39, 0.29) is 12.2 Å². The first-order valence-electron chi connectivity index (χ1n) is 5.57. The largest absolute Gasteiger partial charge is 0.423 e. The molecule has 6 nitrogen and oxygen atoms in total. The number of aromatic nitrogens is 1. The van der Waals surface area contributed by atoms with Gasteiger partial charge in [-0.2, -0.15) is 4.98 Å². The first-order valence-corrected chi connectivity index (χ1v) is 5.57. The zero-order chi connectivity index (χ0) is 12.7. The lowest BCUT2D eigenvalue weighted by Gasteiger charge is -2.10. The first-order chi connectivity index (χ1) is 8.63. The first kappa shape index (κ1) is 10.9. The van der Waals surface area contributed by atoms with Crippen molar-refractivity contribution in [3.05, 3.63) is 28.3 Å². The zero-order valence-corrected chi connectivity index (χ0v) is 9.38. The Morgan fingerprint density at radius 3 is 3.06 bits per heavy atom. The number of nitro benzene ring substituents is 1. The molecule has 94 valence electrons. The number of nitrogens with zero attached hydrogens (tertiary/aromatic N) is 3. The maximum atomic E-state index is 13.1. The number of non-ortho nitro benzene ring substituents is 1. The maximum Gasteiger partial charge on any atom is 0.298 e. The molecule has 1 aliphatic heterocycles. The lowest BCUT2D eigenvalue weighted by Crippen LogP contribution is -2.19. The van der Waals surface area contributed by atoms with Crippen LogP contribution in [-0.2, 0) is 0 Å². The summed E-state index contributed by atoms with van der Waals surface area (Å²) in [6, 6.07) is 4.56. The van der Waals surface area contributed by atoms with Gasteiger partial charge in [0.25, 0.3) is 11.7 Å². The summed E-state index contributed by atoms with van der Waals surface area (Å²) in [6.07, 6.45) is -0.409. The molecule has 0 unspecified atom stereocenters. The number of nitro groups is 1. The molecule has 18 heavy (non-hydrogen) atoms. The summed E-state index contributed by atoms with van der Waals surface area (Å²) in [6.45, 7) is 0.811. The minimum atomic E-state index is -0.866. The van der Waals surface area contributed by atoms with Crippen molar-refractivity contribution < 1.29 is 13.7 Å². The molecular weight excluding hydrogens is 241 g/mol. The van der Waals surface area contributed by atoms with Gasteiger partial charge in [0.1, 0.15) is 11.7 Å². The van der Waals surface area contributed by atoms with Gasteiger partial charge in [-0.1, -0.05) is 0 Å². The van der Waals surface area contributed by atoms with Crippen molar-refractivity contribution in [2.24, 2.45) is 0 Å². The Morgan fingerprint density at radius 2 is 2.39 bits per heavy atom. The standard InChI is InChI=1S/C11H10FN3O3/c12-7-3-4-14(6-7)11-13-9-2-1-8(15(16)17)5-10(9)18-11/h1-2,5,7H,3-4,6H2/t7-/m0/s1. The summed E-state index contributed by atoms with van der Waals surface area (Å²) < 4.78 is 18.5. The molecule has 0 aliphatic carbocycles. The van der Waals surface area contributed by atoms with Gasteiger partial charge in [-0.25, -0.2) is 4.39 Å². The zero-order valence-electron chi connectivity index (χ0n) is 9.38. The van der Waals surface area contributed by atoms with E-state index in [2.05, 4.69) is 4.98 Å². The molecule has 1 aromatic heterocycles. The van der Waals surface area contributed by atoms with Crippen molar-refractivity contribution in [2.75, 3.05) is 18.0 Å². The number of alkyl halides is 1. The number of benzene rings is 1. The lowest BCUT2D eigenvalue weighted by atomic mass is 10.3. The number of hydrogen-bond donors (Lipinski definition) is 0. The topological polar surface area (TPSA) is 72.4 Å². The molecular formula is C11H10FN3O3. The lowest BCUT2D eigenvalue weighted by molar-refractivity contribution is -0.384. The fraction of sp³-hybridized carbons (Fsp3) is 0.364. The van der Waals surface area contributed by atoms with Crippen LogP contribution in [-0.4, -0.2) is 29.2 Å². The summed E-state index contributed by atoms with van der Waals surface area (Å²) in [5, 5.41) is 10.6. The number of rotatable bonds is 2. The summed E-state index contributed by atoms with van der Waals surface area (Å²) >= 11 is 0. The SMILES string of the molecule is O=[N+]([O-])c1ccc2nc(N3CC[C@H](F)C3)oc2c1. The van der Waals surface area contributed by atoms with E-state index in [0.29, 0.717) is 30.1 Å². The average Bonchev–Trinajstić information content (AvgIpc) is 2.93. The molecule has 0 radical (unpaired) electrons. The van der Waals surface area contributed by atoms with E-state index in [9.17, 15) is 14.5 Å². The molecule has 1 aliphatic rings. The Labute approximate surface area is 101 Å². The normalized spacial score (nSPS) is 19.6. The molecule has 7 heteroatoms. The highest BCUT2D eigenvalue weighted by atomic mass is 19.1. The molecule has 2 heterocycles. The van der Waals surface area contributed by atoms with Crippen LogP contribution in [0.25, 0.3) is 11.1 Å². The Hall–Kier alpha value is -2.18. The minimum absolute atomic E-state index is 0.0463. The van der Waals surface area contributed by atoms with Crippen LogP contribution in [0.4, 0.5) is 16.1 Å². The van der Waals surface area contributed by atoms with E-state index in [4.69, 9.17) is 4.42 Å². The Bertz CT molecular complexity index is 613. The van der Waals surface area contributed by atoms with Crippen molar-refractivity contribution >= 4 is 22.8 Å². The molecule has 0 N–H and O–H groups in total. The van der Waals surface area contributed by atoms with Crippen LogP contribution < -0.4 is 4.90 Å². The molecule has 1 atom stereocenters. The fourth-order valence-electron chi connectivity index (χ4n) is 2.04. The summed E-state index contributed by atoms with van der Waals surface area (Å²) in [7, 11) is 0. The van der Waals surface area contributed by atoms with Crippen molar-refractivity contribution in [3.8, 4) is 0 Å². The van der Waals surface area contributed by atoms with E-state index < -0.39 is 11.1 Å². The van der Waals surface area contributed by atoms with Gasteiger partial charge in [0.2, 0.25) is 0 Å². The molecule has 3 rings (SSSR count). The van der Waals surface area contributed by atoms with E-state index in [1.807, 2.05) is 0 Å². The Kier molecular flexibility index (Phi) is 2.39. The number of fused-ring (bicyclic) bond motifs is 1. The van der Waals surface area contributed by atoms with Crippen LogP contribution in [0.15, 0.2) is 22.6 Å². The summed E-state index contributed by atoms with van der Waals surface area (Å²) in [5.74, 6) is 0. The smallest absolute Gasteiger partial charge is 0.298 e. The second-order valence-electron chi connectivity index (χ2n) is 4.24. The van der Waals surface area contributed by atoms with Gasteiger partial charge in [0.05, 0.1) is 17.5 Å². The molecule has 0 amide bonds. The average molecular weight is 251 g/mol. The Balaban J connectivity index is 1.98. The van der Waals surface area contributed by atoms with Crippen molar-refractivity contribution in [3.63, 3.8) is 0 Å². The van der Waals surface area contributed by atoms with Gasteiger partial charge in [-0.05, 0) is 12.5 Å². The molecule has 1 aromatic carbocycles. The van der Waals surface area contributed by atoms with Crippen molar-refractivity contribution in [1.82, 2.24) is 4.98 Å². The molecule has 0 bridgehead atoms.